The Hall–Kier alpha value is -2.26. The van der Waals surface area contributed by atoms with Crippen molar-refractivity contribution in [2.45, 2.75) is 6.61 Å². The molecule has 3 aromatic heterocycles. The van der Waals surface area contributed by atoms with Gasteiger partial charge < -0.3 is 4.74 Å². The Morgan fingerprint density at radius 3 is 3.00 bits per heavy atom. The minimum absolute atomic E-state index is 0.0397. The molecule has 108 valence electrons. The molecule has 0 fully saturated rings. The lowest BCUT2D eigenvalue weighted by atomic mass is 10.2. The monoisotopic (exact) mass is 326 g/mol. The zero-order valence-electron chi connectivity index (χ0n) is 11.7. The molecule has 0 aromatic carbocycles. The number of halogens is 1. The van der Waals surface area contributed by atoms with Crippen LogP contribution in [0.25, 0.3) is 5.82 Å². The summed E-state index contributed by atoms with van der Waals surface area (Å²) in [4.78, 5) is 20.0. The van der Waals surface area contributed by atoms with Crippen LogP contribution in [-0.2, 0) is 13.7 Å². The highest BCUT2D eigenvalue weighted by Gasteiger charge is 2.16. The maximum absolute atomic E-state index is 12.0. The molecular formula is C11H9ClN6O2S. The van der Waals surface area contributed by atoms with E-state index in [-0.39, 0.29) is 18.6 Å². The number of tetrazole rings is 1. The van der Waals surface area contributed by atoms with E-state index in [4.69, 9.17) is 17.7 Å². The zero-order chi connectivity index (χ0) is 15.7. The van der Waals surface area contributed by atoms with Crippen LogP contribution < -0.4 is 10.4 Å². The lowest BCUT2D eigenvalue weighted by Crippen LogP contribution is -2.24. The summed E-state index contributed by atoms with van der Waals surface area (Å²) < 4.78 is 15.0. The SMILES string of the molecule is [3H]c1csc(OCc2c(Cl)ccnc2-n2nnn(C)c2=O)n1. The molecule has 0 atom stereocenters. The summed E-state index contributed by atoms with van der Waals surface area (Å²) in [6, 6.07) is 1.59. The molecule has 0 N–H and O–H groups in total. The van der Waals surface area contributed by atoms with Gasteiger partial charge in [-0.3, -0.25) is 0 Å². The van der Waals surface area contributed by atoms with Gasteiger partial charge in [-0.25, -0.2) is 14.8 Å². The Morgan fingerprint density at radius 1 is 1.48 bits per heavy atom. The number of ether oxygens (including phenoxy) is 1. The molecular weight excluding hydrogens is 316 g/mol. The van der Waals surface area contributed by atoms with E-state index in [1.807, 2.05) is 0 Å². The average molecular weight is 327 g/mol. The summed E-state index contributed by atoms with van der Waals surface area (Å²) >= 11 is 7.36. The Bertz CT molecular complexity index is 876. The molecule has 0 radical (unpaired) electrons. The van der Waals surface area contributed by atoms with Crippen molar-refractivity contribution in [2.75, 3.05) is 0 Å². The smallest absolute Gasteiger partial charge is 0.369 e. The summed E-state index contributed by atoms with van der Waals surface area (Å²) in [6.45, 7) is 0.0397. The van der Waals surface area contributed by atoms with Crippen LogP contribution in [-0.4, -0.2) is 29.8 Å². The summed E-state index contributed by atoms with van der Waals surface area (Å²) in [6.07, 6.45) is 1.59. The van der Waals surface area contributed by atoms with Gasteiger partial charge >= 0.3 is 5.69 Å². The fourth-order valence-corrected chi connectivity index (χ4v) is 2.24. The molecule has 10 heteroatoms. The van der Waals surface area contributed by atoms with Gasteiger partial charge in [0.15, 0.2) is 5.82 Å². The normalized spacial score (nSPS) is 11.4. The third kappa shape index (κ3) is 2.65. The predicted molar refractivity (Wildman–Crippen MR) is 75.9 cm³/mol. The van der Waals surface area contributed by atoms with Gasteiger partial charge in [0.2, 0.25) is 0 Å². The largest absolute Gasteiger partial charge is 0.465 e. The summed E-state index contributed by atoms with van der Waals surface area (Å²) in [5.74, 6) is 0.244. The molecule has 0 unspecified atom stereocenters. The molecule has 0 saturated heterocycles. The average Bonchev–Trinajstić information content (AvgIpc) is 3.05. The van der Waals surface area contributed by atoms with Gasteiger partial charge in [0.05, 0.1) is 12.0 Å². The van der Waals surface area contributed by atoms with Crippen molar-refractivity contribution in [3.8, 4) is 11.0 Å². The van der Waals surface area contributed by atoms with E-state index < -0.39 is 5.69 Å². The predicted octanol–water partition coefficient (Wildman–Crippen LogP) is 1.05. The molecule has 0 aliphatic heterocycles. The molecule has 0 saturated carbocycles. The number of rotatable bonds is 4. The molecule has 3 heterocycles. The van der Waals surface area contributed by atoms with Crippen LogP contribution in [0.1, 0.15) is 6.93 Å². The van der Waals surface area contributed by atoms with Gasteiger partial charge in [0.1, 0.15) is 6.61 Å². The fourth-order valence-electron chi connectivity index (χ4n) is 1.60. The second-order valence-corrected chi connectivity index (χ2v) is 5.15. The van der Waals surface area contributed by atoms with Crippen LogP contribution in [0.3, 0.4) is 0 Å². The minimum atomic E-state index is -0.446. The Morgan fingerprint density at radius 2 is 2.33 bits per heavy atom. The lowest BCUT2D eigenvalue weighted by Gasteiger charge is -2.09. The number of aromatic nitrogens is 6. The van der Waals surface area contributed by atoms with E-state index in [2.05, 4.69) is 20.4 Å². The fraction of sp³-hybridized carbons (Fsp3) is 0.182. The van der Waals surface area contributed by atoms with Crippen molar-refractivity contribution in [1.82, 2.24) is 29.8 Å². The van der Waals surface area contributed by atoms with Crippen molar-refractivity contribution in [2.24, 2.45) is 7.05 Å². The summed E-state index contributed by atoms with van der Waals surface area (Å²) in [5.41, 5.74) is 0.0345. The lowest BCUT2D eigenvalue weighted by molar-refractivity contribution is 0.303. The first-order valence-electron chi connectivity index (χ1n) is 6.24. The van der Waals surface area contributed by atoms with E-state index in [1.165, 1.54) is 24.6 Å². The standard InChI is InChI=1S/C11H9ClN6O2S/c1-17-11(19)18(16-15-17)9-7(8(12)2-3-13-9)6-20-10-14-4-5-21-10/h2-5H,6H2,1H3/i4T. The van der Waals surface area contributed by atoms with Crippen LogP contribution in [0.5, 0.6) is 5.19 Å². The van der Waals surface area contributed by atoms with Crippen molar-refractivity contribution in [3.05, 3.63) is 44.9 Å². The van der Waals surface area contributed by atoms with Gasteiger partial charge in [0.25, 0.3) is 5.19 Å². The maximum atomic E-state index is 12.0. The number of aryl methyl sites for hydroxylation is 1. The van der Waals surface area contributed by atoms with E-state index >= 15 is 0 Å². The molecule has 8 nitrogen and oxygen atoms in total. The first kappa shape index (κ1) is 12.5. The zero-order valence-corrected chi connectivity index (χ0v) is 12.3. The van der Waals surface area contributed by atoms with Crippen molar-refractivity contribution in [3.63, 3.8) is 0 Å². The van der Waals surface area contributed by atoms with Crippen LogP contribution in [0.15, 0.2) is 28.6 Å². The highest BCUT2D eigenvalue weighted by Crippen LogP contribution is 2.23. The van der Waals surface area contributed by atoms with Crippen LogP contribution >= 0.6 is 22.9 Å². The number of hydrogen-bond donors (Lipinski definition) is 0. The molecule has 0 amide bonds. The number of pyridine rings is 1. The van der Waals surface area contributed by atoms with Crippen LogP contribution in [0, 0.1) is 0 Å². The van der Waals surface area contributed by atoms with E-state index in [1.54, 1.807) is 11.4 Å². The van der Waals surface area contributed by atoms with Gasteiger partial charge in [-0.2, -0.15) is 4.68 Å². The Labute approximate surface area is 129 Å². The van der Waals surface area contributed by atoms with E-state index in [0.29, 0.717) is 15.8 Å². The third-order valence-electron chi connectivity index (χ3n) is 2.61. The molecule has 0 spiro atoms. The second kappa shape index (κ2) is 5.62. The first-order valence-corrected chi connectivity index (χ1v) is 6.99. The number of hydrogen-bond acceptors (Lipinski definition) is 7. The van der Waals surface area contributed by atoms with Gasteiger partial charge in [0, 0.05) is 24.8 Å². The highest BCUT2D eigenvalue weighted by atomic mass is 35.5. The number of thiazole rings is 1. The van der Waals surface area contributed by atoms with Crippen molar-refractivity contribution < 1.29 is 6.11 Å². The molecule has 0 bridgehead atoms. The Kier molecular flexibility index (Phi) is 3.34. The number of nitrogens with zero attached hydrogens (tertiary/aromatic N) is 6. The van der Waals surface area contributed by atoms with E-state index in [0.717, 1.165) is 9.36 Å². The summed E-state index contributed by atoms with van der Waals surface area (Å²) in [7, 11) is 1.48. The molecule has 0 aliphatic carbocycles. The maximum Gasteiger partial charge on any atom is 0.369 e. The summed E-state index contributed by atoms with van der Waals surface area (Å²) in [5, 5.41) is 9.65. The minimum Gasteiger partial charge on any atom is -0.465 e. The quantitative estimate of drug-likeness (QED) is 0.712. The Balaban J connectivity index is 1.96. The molecule has 3 rings (SSSR count). The van der Waals surface area contributed by atoms with Gasteiger partial charge in [-0.05, 0) is 16.5 Å². The molecule has 3 aromatic rings. The van der Waals surface area contributed by atoms with Crippen molar-refractivity contribution in [1.29, 1.82) is 0 Å². The van der Waals surface area contributed by atoms with Crippen molar-refractivity contribution >= 4 is 22.9 Å². The molecule has 0 aliphatic rings. The topological polar surface area (TPSA) is 87.7 Å². The van der Waals surface area contributed by atoms with Gasteiger partial charge in [-0.1, -0.05) is 22.9 Å². The molecule has 21 heavy (non-hydrogen) atoms. The third-order valence-corrected chi connectivity index (χ3v) is 3.59. The van der Waals surface area contributed by atoms with Gasteiger partial charge in [-0.15, -0.1) is 4.68 Å². The second-order valence-electron chi connectivity index (χ2n) is 3.92. The highest BCUT2D eigenvalue weighted by molar-refractivity contribution is 7.11. The van der Waals surface area contributed by atoms with Crippen LogP contribution in [0.2, 0.25) is 5.02 Å². The van der Waals surface area contributed by atoms with E-state index in [9.17, 15) is 4.79 Å². The first-order chi connectivity index (χ1) is 10.6. The van der Waals surface area contributed by atoms with Crippen LogP contribution in [0.4, 0.5) is 0 Å².